The third-order valence-corrected chi connectivity index (χ3v) is 2.39. The van der Waals surface area contributed by atoms with Crippen molar-refractivity contribution in [2.45, 2.75) is 6.92 Å². The summed E-state index contributed by atoms with van der Waals surface area (Å²) in [5.41, 5.74) is 1.84. The fourth-order valence-electron chi connectivity index (χ4n) is 1.66. The van der Waals surface area contributed by atoms with E-state index in [9.17, 15) is 4.79 Å². The second kappa shape index (κ2) is 4.09. The minimum Gasteiger partial charge on any atom is -0.298 e. The lowest BCUT2D eigenvalue weighted by molar-refractivity contribution is -0.104. The first-order valence-electron chi connectivity index (χ1n) is 4.92. The number of allylic oxidation sites excluding steroid dienone is 1. The highest BCUT2D eigenvalue weighted by Gasteiger charge is 1.97. The van der Waals surface area contributed by atoms with Gasteiger partial charge in [0.05, 0.1) is 0 Å². The molecule has 0 amide bonds. The normalized spacial score (nSPS) is 11.7. The van der Waals surface area contributed by atoms with Crippen LogP contribution in [0.1, 0.15) is 12.5 Å². The van der Waals surface area contributed by atoms with Crippen molar-refractivity contribution in [2.75, 3.05) is 0 Å². The Labute approximate surface area is 89.0 Å². The van der Waals surface area contributed by atoms with Gasteiger partial charge < -0.3 is 0 Å². The minimum absolute atomic E-state index is 0.742. The second-order valence-electron chi connectivity index (χ2n) is 3.57. The molecule has 2 aromatic rings. The molecule has 0 aromatic heterocycles. The van der Waals surface area contributed by atoms with Gasteiger partial charge in [-0.15, -0.1) is 0 Å². The quantitative estimate of drug-likeness (QED) is 0.531. The zero-order valence-electron chi connectivity index (χ0n) is 8.60. The predicted molar refractivity (Wildman–Crippen MR) is 63.7 cm³/mol. The highest BCUT2D eigenvalue weighted by molar-refractivity contribution is 5.93. The Morgan fingerprint density at radius 2 is 1.80 bits per heavy atom. The van der Waals surface area contributed by atoms with E-state index in [0.717, 1.165) is 17.4 Å². The van der Waals surface area contributed by atoms with E-state index in [1.807, 2.05) is 37.3 Å². The highest BCUT2D eigenvalue weighted by Crippen LogP contribution is 2.20. The van der Waals surface area contributed by atoms with E-state index in [1.165, 1.54) is 10.8 Å². The summed E-state index contributed by atoms with van der Waals surface area (Å²) in [4.78, 5) is 10.6. The van der Waals surface area contributed by atoms with Gasteiger partial charge in [-0.1, -0.05) is 42.5 Å². The van der Waals surface area contributed by atoms with Gasteiger partial charge in [0, 0.05) is 0 Å². The van der Waals surface area contributed by atoms with Crippen molar-refractivity contribution < 1.29 is 4.79 Å². The Kier molecular flexibility index (Phi) is 2.64. The lowest BCUT2D eigenvalue weighted by Crippen LogP contribution is -1.80. The zero-order chi connectivity index (χ0) is 10.7. The van der Waals surface area contributed by atoms with Gasteiger partial charge in [0.25, 0.3) is 0 Å². The third kappa shape index (κ3) is 1.96. The lowest BCUT2D eigenvalue weighted by atomic mass is 10.0. The minimum atomic E-state index is 0.742. The van der Waals surface area contributed by atoms with Gasteiger partial charge in [-0.2, -0.15) is 0 Å². The van der Waals surface area contributed by atoms with E-state index >= 15 is 0 Å². The van der Waals surface area contributed by atoms with Crippen LogP contribution in [0.2, 0.25) is 0 Å². The molecule has 1 heteroatoms. The number of carbonyl (C=O) groups is 1. The Hall–Kier alpha value is -1.89. The summed E-state index contributed by atoms with van der Waals surface area (Å²) in [5, 5.41) is 2.38. The molecule has 0 saturated heterocycles. The molecule has 0 radical (unpaired) electrons. The highest BCUT2D eigenvalue weighted by atomic mass is 16.1. The fraction of sp³-hybridized carbons (Fsp3) is 0.0714. The molecule has 0 fully saturated rings. The topological polar surface area (TPSA) is 17.1 Å². The first-order valence-corrected chi connectivity index (χ1v) is 4.92. The fourth-order valence-corrected chi connectivity index (χ4v) is 1.66. The molecule has 0 aliphatic heterocycles. The molecule has 0 bridgehead atoms. The summed E-state index contributed by atoms with van der Waals surface area (Å²) in [7, 11) is 0. The summed E-state index contributed by atoms with van der Waals surface area (Å²) < 4.78 is 0. The molecule has 0 N–H and O–H groups in total. The smallest absolute Gasteiger partial charge is 0.145 e. The molecule has 0 spiro atoms. The first kappa shape index (κ1) is 9.66. The average molecular weight is 196 g/mol. The van der Waals surface area contributed by atoms with Gasteiger partial charge in [0.1, 0.15) is 6.29 Å². The number of aldehydes is 1. The number of carbonyl (C=O) groups excluding carboxylic acids is 1. The summed E-state index contributed by atoms with van der Waals surface area (Å²) in [5.74, 6) is 0. The van der Waals surface area contributed by atoms with Crippen molar-refractivity contribution in [1.29, 1.82) is 0 Å². The second-order valence-corrected chi connectivity index (χ2v) is 3.57. The molecule has 74 valence electrons. The number of rotatable bonds is 2. The van der Waals surface area contributed by atoms with Crippen molar-refractivity contribution in [2.24, 2.45) is 0 Å². The molecule has 0 saturated carbocycles. The summed E-state index contributed by atoms with van der Waals surface area (Å²) in [6, 6.07) is 14.3. The molecule has 1 nitrogen and oxygen atoms in total. The third-order valence-electron chi connectivity index (χ3n) is 2.39. The molecular weight excluding hydrogens is 184 g/mol. The standard InChI is InChI=1S/C14H12O/c1-11(10-15)9-13-7-4-6-12-5-2-3-8-14(12)13/h2-10H,1H3. The Balaban J connectivity index is 2.66. The van der Waals surface area contributed by atoms with Crippen LogP contribution in [-0.2, 0) is 4.79 Å². The number of hydrogen-bond acceptors (Lipinski definition) is 1. The van der Waals surface area contributed by atoms with E-state index in [4.69, 9.17) is 0 Å². The van der Waals surface area contributed by atoms with E-state index < -0.39 is 0 Å². The largest absolute Gasteiger partial charge is 0.298 e. The molecular formula is C14H12O. The summed E-state index contributed by atoms with van der Waals surface area (Å²) in [6.45, 7) is 1.81. The van der Waals surface area contributed by atoms with Gasteiger partial charge in [0.2, 0.25) is 0 Å². The molecule has 0 unspecified atom stereocenters. The van der Waals surface area contributed by atoms with Crippen LogP contribution in [0, 0.1) is 0 Å². The number of benzene rings is 2. The van der Waals surface area contributed by atoms with Crippen LogP contribution in [-0.4, -0.2) is 6.29 Å². The van der Waals surface area contributed by atoms with Crippen molar-refractivity contribution in [1.82, 2.24) is 0 Å². The van der Waals surface area contributed by atoms with Crippen molar-refractivity contribution in [3.05, 3.63) is 53.6 Å². The van der Waals surface area contributed by atoms with Crippen LogP contribution in [0.5, 0.6) is 0 Å². The predicted octanol–water partition coefficient (Wildman–Crippen LogP) is 3.44. The van der Waals surface area contributed by atoms with E-state index in [0.29, 0.717) is 0 Å². The van der Waals surface area contributed by atoms with Crippen molar-refractivity contribution in [3.63, 3.8) is 0 Å². The molecule has 15 heavy (non-hydrogen) atoms. The summed E-state index contributed by atoms with van der Waals surface area (Å²) >= 11 is 0. The average Bonchev–Trinajstić information content (AvgIpc) is 2.29. The Bertz CT molecular complexity index is 518. The maximum absolute atomic E-state index is 10.6. The monoisotopic (exact) mass is 196 g/mol. The zero-order valence-corrected chi connectivity index (χ0v) is 8.60. The number of hydrogen-bond donors (Lipinski definition) is 0. The van der Waals surface area contributed by atoms with Gasteiger partial charge in [-0.05, 0) is 34.9 Å². The number of fused-ring (bicyclic) bond motifs is 1. The molecule has 2 rings (SSSR count). The molecule has 2 aromatic carbocycles. The molecule has 0 atom stereocenters. The maximum Gasteiger partial charge on any atom is 0.145 e. The summed E-state index contributed by atoms with van der Waals surface area (Å²) in [6.07, 6.45) is 2.79. The maximum atomic E-state index is 10.6. The van der Waals surface area contributed by atoms with Crippen LogP contribution in [0.4, 0.5) is 0 Å². The van der Waals surface area contributed by atoms with Gasteiger partial charge in [0.15, 0.2) is 0 Å². The van der Waals surface area contributed by atoms with E-state index in [-0.39, 0.29) is 0 Å². The van der Waals surface area contributed by atoms with Crippen molar-refractivity contribution >= 4 is 23.1 Å². The molecule has 0 heterocycles. The Morgan fingerprint density at radius 3 is 2.60 bits per heavy atom. The molecule has 0 aliphatic rings. The van der Waals surface area contributed by atoms with Gasteiger partial charge in [-0.25, -0.2) is 0 Å². The lowest BCUT2D eigenvalue weighted by Gasteiger charge is -2.01. The molecule has 0 aliphatic carbocycles. The van der Waals surface area contributed by atoms with Crippen LogP contribution in [0.3, 0.4) is 0 Å². The van der Waals surface area contributed by atoms with Crippen molar-refractivity contribution in [3.8, 4) is 0 Å². The van der Waals surface area contributed by atoms with Crippen LogP contribution in [0.25, 0.3) is 16.8 Å². The van der Waals surface area contributed by atoms with Gasteiger partial charge >= 0.3 is 0 Å². The van der Waals surface area contributed by atoms with Gasteiger partial charge in [-0.3, -0.25) is 4.79 Å². The van der Waals surface area contributed by atoms with Crippen LogP contribution >= 0.6 is 0 Å². The van der Waals surface area contributed by atoms with Crippen LogP contribution in [0.15, 0.2) is 48.0 Å². The van der Waals surface area contributed by atoms with E-state index in [2.05, 4.69) is 18.2 Å². The van der Waals surface area contributed by atoms with E-state index in [1.54, 1.807) is 0 Å². The SMILES string of the molecule is CC(C=O)=Cc1cccc2ccccc12. The van der Waals surface area contributed by atoms with Crippen LogP contribution < -0.4 is 0 Å². The Morgan fingerprint density at radius 1 is 1.07 bits per heavy atom. The first-order chi connectivity index (χ1) is 7.31.